The molecule has 0 saturated heterocycles. The predicted octanol–water partition coefficient (Wildman–Crippen LogP) is 1.31. The summed E-state index contributed by atoms with van der Waals surface area (Å²) in [4.78, 5) is 23.7. The van der Waals surface area contributed by atoms with Gasteiger partial charge in [0.15, 0.2) is 5.75 Å². The van der Waals surface area contributed by atoms with Gasteiger partial charge in [0.25, 0.3) is 0 Å². The quantitative estimate of drug-likeness (QED) is 0.506. The molecule has 0 aliphatic rings. The van der Waals surface area contributed by atoms with Crippen molar-refractivity contribution < 1.29 is 37.5 Å². The molecule has 1 heterocycles. The van der Waals surface area contributed by atoms with Crippen LogP contribution in [0.4, 0.5) is 19.0 Å². The van der Waals surface area contributed by atoms with Gasteiger partial charge in [0.05, 0.1) is 13.2 Å². The number of alkyl halides is 3. The van der Waals surface area contributed by atoms with Crippen LogP contribution >= 0.6 is 0 Å². The highest BCUT2D eigenvalue weighted by Gasteiger charge is 2.35. The van der Waals surface area contributed by atoms with Crippen molar-refractivity contribution in [3.63, 3.8) is 0 Å². The largest absolute Gasteiger partial charge is 0.573 e. The molecule has 0 atom stereocenters. The van der Waals surface area contributed by atoms with Crippen molar-refractivity contribution in [1.82, 2.24) is 4.98 Å². The number of hydrogen-bond acceptors (Lipinski definition) is 7. The summed E-state index contributed by atoms with van der Waals surface area (Å²) in [6, 6.07) is 0.295. The van der Waals surface area contributed by atoms with Crippen LogP contribution in [0.25, 0.3) is 0 Å². The van der Waals surface area contributed by atoms with Crippen LogP contribution in [0.5, 0.6) is 11.5 Å². The Balaban J connectivity index is 3.29. The number of halogens is 3. The van der Waals surface area contributed by atoms with E-state index in [0.29, 0.717) is 6.07 Å². The van der Waals surface area contributed by atoms with Crippen molar-refractivity contribution >= 4 is 11.8 Å². The summed E-state index contributed by atoms with van der Waals surface area (Å²) in [5.74, 6) is -4.32. The van der Waals surface area contributed by atoms with Gasteiger partial charge < -0.3 is 24.7 Å². The molecule has 0 radical (unpaired) electrons. The van der Waals surface area contributed by atoms with Crippen molar-refractivity contribution in [3.05, 3.63) is 21.9 Å². The second-order valence-electron chi connectivity index (χ2n) is 3.33. The predicted molar refractivity (Wildman–Crippen MR) is 55.0 cm³/mol. The lowest BCUT2D eigenvalue weighted by atomic mass is 10.2. The van der Waals surface area contributed by atoms with Crippen LogP contribution in [0.15, 0.2) is 6.07 Å². The van der Waals surface area contributed by atoms with Crippen LogP contribution in [-0.4, -0.2) is 34.5 Å². The molecule has 0 unspecified atom stereocenters. The van der Waals surface area contributed by atoms with E-state index in [2.05, 4.69) is 14.5 Å². The number of nitro groups is 1. The van der Waals surface area contributed by atoms with Crippen molar-refractivity contribution in [2.75, 3.05) is 7.11 Å². The minimum Gasteiger partial charge on any atom is -0.501 e. The van der Waals surface area contributed by atoms with E-state index in [9.17, 15) is 33.2 Å². The van der Waals surface area contributed by atoms with Gasteiger partial charge in [-0.1, -0.05) is 0 Å². The van der Waals surface area contributed by atoms with Gasteiger partial charge in [0, 0.05) is 0 Å². The van der Waals surface area contributed by atoms with Gasteiger partial charge in [-0.25, -0.2) is 0 Å². The first kappa shape index (κ1) is 15.5. The summed E-state index contributed by atoms with van der Waals surface area (Å²) in [5, 5.41) is 20.0. The van der Waals surface area contributed by atoms with E-state index < -0.39 is 46.7 Å². The van der Waals surface area contributed by atoms with Crippen LogP contribution in [0.2, 0.25) is 0 Å². The first-order chi connectivity index (χ1) is 9.14. The lowest BCUT2D eigenvalue weighted by molar-refractivity contribution is -0.389. The summed E-state index contributed by atoms with van der Waals surface area (Å²) in [7, 11) is 0.990. The molecule has 0 aliphatic carbocycles. The van der Waals surface area contributed by atoms with E-state index in [4.69, 9.17) is 0 Å². The van der Waals surface area contributed by atoms with E-state index in [-0.39, 0.29) is 0 Å². The standard InChI is InChI=1S/C9H7F3N2O6/c1-19-7(15)2-4-8(16)5(20-9(10,11)12)3-6(13-4)14(17)18/h3,16H,2H2,1H3. The van der Waals surface area contributed by atoms with Crippen LogP contribution in [-0.2, 0) is 16.0 Å². The average molecular weight is 296 g/mol. The normalized spacial score (nSPS) is 11.0. The molecule has 20 heavy (non-hydrogen) atoms. The Bertz CT molecular complexity index is 545. The Labute approximate surface area is 108 Å². The summed E-state index contributed by atoms with van der Waals surface area (Å²) < 4.78 is 44.0. The van der Waals surface area contributed by atoms with Crippen molar-refractivity contribution in [2.45, 2.75) is 12.8 Å². The molecule has 1 N–H and O–H groups in total. The molecule has 110 valence electrons. The second-order valence-corrected chi connectivity index (χ2v) is 3.33. The molecule has 0 saturated carbocycles. The topological polar surface area (TPSA) is 112 Å². The summed E-state index contributed by atoms with van der Waals surface area (Å²) in [5.41, 5.74) is -0.662. The van der Waals surface area contributed by atoms with Gasteiger partial charge in [-0.15, -0.1) is 13.2 Å². The molecule has 1 rings (SSSR count). The molecule has 0 spiro atoms. The third-order valence-corrected chi connectivity index (χ3v) is 1.97. The summed E-state index contributed by atoms with van der Waals surface area (Å²) >= 11 is 0. The Morgan fingerprint density at radius 3 is 2.60 bits per heavy atom. The van der Waals surface area contributed by atoms with Crippen molar-refractivity contribution in [1.29, 1.82) is 0 Å². The fourth-order valence-electron chi connectivity index (χ4n) is 1.18. The second kappa shape index (κ2) is 5.59. The Kier molecular flexibility index (Phi) is 4.32. The summed E-state index contributed by atoms with van der Waals surface area (Å²) in [6.07, 6.45) is -5.92. The van der Waals surface area contributed by atoms with E-state index >= 15 is 0 Å². The lowest BCUT2D eigenvalue weighted by Crippen LogP contribution is -2.18. The van der Waals surface area contributed by atoms with Crippen LogP contribution in [0.1, 0.15) is 5.69 Å². The maximum absolute atomic E-state index is 12.1. The molecule has 0 amide bonds. The number of carbonyl (C=O) groups is 1. The molecule has 1 aromatic rings. The highest BCUT2D eigenvalue weighted by Crippen LogP contribution is 2.36. The number of nitrogens with zero attached hydrogens (tertiary/aromatic N) is 2. The zero-order chi connectivity index (χ0) is 15.5. The molecule has 0 aromatic carbocycles. The van der Waals surface area contributed by atoms with Gasteiger partial charge in [-0.3, -0.25) is 4.79 Å². The molecule has 11 heteroatoms. The zero-order valence-corrected chi connectivity index (χ0v) is 9.80. The molecule has 1 aromatic heterocycles. The first-order valence-corrected chi connectivity index (χ1v) is 4.84. The first-order valence-electron chi connectivity index (χ1n) is 4.84. The molecular weight excluding hydrogens is 289 g/mol. The van der Waals surface area contributed by atoms with Gasteiger partial charge in [0.1, 0.15) is 6.42 Å². The number of aromatic hydroxyl groups is 1. The van der Waals surface area contributed by atoms with E-state index in [1.54, 1.807) is 0 Å². The summed E-state index contributed by atoms with van der Waals surface area (Å²) in [6.45, 7) is 0. The number of methoxy groups -OCH3 is 1. The zero-order valence-electron chi connectivity index (χ0n) is 9.80. The number of ether oxygens (including phenoxy) is 2. The molecule has 8 nitrogen and oxygen atoms in total. The van der Waals surface area contributed by atoms with Gasteiger partial charge in [-0.05, 0) is 9.91 Å². The minimum absolute atomic E-state index is 0.295. The number of carbonyl (C=O) groups excluding carboxylic acids is 1. The number of aromatic nitrogens is 1. The number of pyridine rings is 1. The molecular formula is C9H7F3N2O6. The highest BCUT2D eigenvalue weighted by atomic mass is 19.4. The maximum Gasteiger partial charge on any atom is 0.573 e. The van der Waals surface area contributed by atoms with Gasteiger partial charge in [-0.2, -0.15) is 0 Å². The SMILES string of the molecule is COC(=O)Cc1nc([N+](=O)[O-])cc(OC(F)(F)F)c1O. The smallest absolute Gasteiger partial charge is 0.501 e. The Morgan fingerprint density at radius 1 is 1.55 bits per heavy atom. The third-order valence-electron chi connectivity index (χ3n) is 1.97. The molecule has 0 bridgehead atoms. The van der Waals surface area contributed by atoms with Gasteiger partial charge in [0.2, 0.25) is 11.4 Å². The highest BCUT2D eigenvalue weighted by molar-refractivity contribution is 5.73. The van der Waals surface area contributed by atoms with Crippen molar-refractivity contribution in [2.24, 2.45) is 0 Å². The van der Waals surface area contributed by atoms with Gasteiger partial charge >= 0.3 is 18.1 Å². The average Bonchev–Trinajstić information content (AvgIpc) is 2.31. The fraction of sp³-hybridized carbons (Fsp3) is 0.333. The Hall–Kier alpha value is -2.59. The van der Waals surface area contributed by atoms with Crippen molar-refractivity contribution in [3.8, 4) is 11.5 Å². The third kappa shape index (κ3) is 3.96. The van der Waals surface area contributed by atoms with E-state index in [0.717, 1.165) is 7.11 Å². The molecule has 0 fully saturated rings. The molecule has 0 aliphatic heterocycles. The van der Waals surface area contributed by atoms with E-state index in [1.807, 2.05) is 0 Å². The Morgan fingerprint density at radius 2 is 2.15 bits per heavy atom. The number of rotatable bonds is 4. The fourth-order valence-corrected chi connectivity index (χ4v) is 1.18. The monoisotopic (exact) mass is 296 g/mol. The number of esters is 1. The number of hydrogen-bond donors (Lipinski definition) is 1. The maximum atomic E-state index is 12.1. The van der Waals surface area contributed by atoms with Crippen LogP contribution in [0.3, 0.4) is 0 Å². The lowest BCUT2D eigenvalue weighted by Gasteiger charge is -2.10. The van der Waals surface area contributed by atoms with Crippen LogP contribution in [0, 0.1) is 10.1 Å². The minimum atomic E-state index is -5.17. The van der Waals surface area contributed by atoms with Crippen LogP contribution < -0.4 is 4.74 Å². The van der Waals surface area contributed by atoms with E-state index in [1.165, 1.54) is 0 Å².